The summed E-state index contributed by atoms with van der Waals surface area (Å²) in [5, 5.41) is 3.66. The molecule has 108 valence electrons. The van der Waals surface area contributed by atoms with Gasteiger partial charge in [0.15, 0.2) is 0 Å². The number of benzene rings is 1. The van der Waals surface area contributed by atoms with Crippen molar-refractivity contribution in [2.75, 3.05) is 7.11 Å². The molecule has 1 N–H and O–H groups in total. The molecule has 0 bridgehead atoms. The number of thiophene rings is 1. The maximum absolute atomic E-state index is 5.29. The maximum Gasteiger partial charge on any atom is 0.119 e. The zero-order chi connectivity index (χ0) is 14.5. The molecule has 0 aliphatic carbocycles. The van der Waals surface area contributed by atoms with E-state index in [1.807, 2.05) is 23.5 Å². The van der Waals surface area contributed by atoms with Crippen molar-refractivity contribution in [1.29, 1.82) is 0 Å². The summed E-state index contributed by atoms with van der Waals surface area (Å²) in [4.78, 5) is 2.85. The van der Waals surface area contributed by atoms with E-state index in [2.05, 4.69) is 50.4 Å². The number of nitrogens with one attached hydrogen (secondary N) is 1. The molecule has 0 radical (unpaired) electrons. The fourth-order valence-corrected chi connectivity index (χ4v) is 3.25. The molecule has 0 amide bonds. The summed E-state index contributed by atoms with van der Waals surface area (Å²) in [5.74, 6) is 0.910. The van der Waals surface area contributed by atoms with Crippen LogP contribution in [0, 0.1) is 0 Å². The molecule has 0 saturated heterocycles. The highest BCUT2D eigenvalue weighted by molar-refractivity contribution is 7.12. The monoisotopic (exact) mass is 289 g/mol. The Bertz CT molecular complexity index is 549. The minimum Gasteiger partial charge on any atom is -0.497 e. The van der Waals surface area contributed by atoms with Crippen LogP contribution in [0.1, 0.15) is 48.2 Å². The van der Waals surface area contributed by atoms with E-state index in [4.69, 9.17) is 4.74 Å². The Hall–Kier alpha value is -1.32. The Morgan fingerprint density at radius 2 is 1.95 bits per heavy atom. The molecule has 2 unspecified atom stereocenters. The summed E-state index contributed by atoms with van der Waals surface area (Å²) in [6.45, 7) is 6.62. The summed E-state index contributed by atoms with van der Waals surface area (Å²) in [5.41, 5.74) is 1.25. The minimum absolute atomic E-state index is 0.298. The topological polar surface area (TPSA) is 21.3 Å². The van der Waals surface area contributed by atoms with Crippen LogP contribution in [-0.2, 0) is 6.42 Å². The molecule has 20 heavy (non-hydrogen) atoms. The van der Waals surface area contributed by atoms with Gasteiger partial charge in [-0.25, -0.2) is 0 Å². The van der Waals surface area contributed by atoms with Gasteiger partial charge in [0.25, 0.3) is 0 Å². The first-order chi connectivity index (χ1) is 9.63. The van der Waals surface area contributed by atoms with Crippen LogP contribution >= 0.6 is 11.3 Å². The molecule has 2 nitrogen and oxygen atoms in total. The van der Waals surface area contributed by atoms with E-state index in [1.165, 1.54) is 15.3 Å². The summed E-state index contributed by atoms with van der Waals surface area (Å²) in [7, 11) is 1.71. The van der Waals surface area contributed by atoms with Crippen molar-refractivity contribution in [2.45, 2.75) is 39.3 Å². The first-order valence-corrected chi connectivity index (χ1v) is 7.94. The van der Waals surface area contributed by atoms with Crippen molar-refractivity contribution >= 4 is 11.3 Å². The van der Waals surface area contributed by atoms with Crippen molar-refractivity contribution in [2.24, 2.45) is 0 Å². The van der Waals surface area contributed by atoms with Gasteiger partial charge < -0.3 is 10.1 Å². The molecule has 0 saturated carbocycles. The molecular formula is C17H23NOS. The molecule has 2 rings (SSSR count). The van der Waals surface area contributed by atoms with Crippen molar-refractivity contribution < 1.29 is 4.74 Å². The lowest BCUT2D eigenvalue weighted by molar-refractivity contribution is 0.412. The van der Waals surface area contributed by atoms with Crippen LogP contribution in [0.15, 0.2) is 36.4 Å². The maximum atomic E-state index is 5.29. The average molecular weight is 289 g/mol. The molecular weight excluding hydrogens is 266 g/mol. The number of methoxy groups -OCH3 is 1. The second kappa shape index (κ2) is 6.91. The second-order valence-corrected chi connectivity index (χ2v) is 6.24. The summed E-state index contributed by atoms with van der Waals surface area (Å²) in [6, 6.07) is 13.4. The minimum atomic E-state index is 0.298. The van der Waals surface area contributed by atoms with Gasteiger partial charge in [-0.1, -0.05) is 19.1 Å². The van der Waals surface area contributed by atoms with Gasteiger partial charge >= 0.3 is 0 Å². The lowest BCUT2D eigenvalue weighted by atomic mass is 10.1. The van der Waals surface area contributed by atoms with Crippen LogP contribution in [0.3, 0.4) is 0 Å². The smallest absolute Gasteiger partial charge is 0.119 e. The largest absolute Gasteiger partial charge is 0.497 e. The fraction of sp³-hybridized carbons (Fsp3) is 0.412. The van der Waals surface area contributed by atoms with E-state index in [-0.39, 0.29) is 0 Å². The predicted octanol–water partition coefficient (Wildman–Crippen LogP) is 4.73. The van der Waals surface area contributed by atoms with Crippen LogP contribution in [0.5, 0.6) is 5.75 Å². The normalized spacial score (nSPS) is 14.0. The Morgan fingerprint density at radius 3 is 2.60 bits per heavy atom. The molecule has 1 aromatic carbocycles. The molecule has 2 atom stereocenters. The fourth-order valence-electron chi connectivity index (χ4n) is 2.28. The highest BCUT2D eigenvalue weighted by Crippen LogP contribution is 2.27. The number of hydrogen-bond donors (Lipinski definition) is 1. The van der Waals surface area contributed by atoms with Gasteiger partial charge in [0.05, 0.1) is 7.11 Å². The van der Waals surface area contributed by atoms with Gasteiger partial charge in [0.2, 0.25) is 0 Å². The molecule has 0 fully saturated rings. The average Bonchev–Trinajstić information content (AvgIpc) is 2.96. The molecule has 3 heteroatoms. The molecule has 0 aliphatic rings. The second-order valence-electron chi connectivity index (χ2n) is 5.04. The number of aryl methyl sites for hydroxylation is 1. The first kappa shape index (κ1) is 15.1. The third kappa shape index (κ3) is 3.62. The standard InChI is InChI=1S/C17H23NOS/c1-5-16-9-10-17(20-16)13(3)18-12(2)14-7-6-8-15(11-14)19-4/h6-13,18H,5H2,1-4H3. The number of rotatable bonds is 6. The Balaban J connectivity index is 2.04. The van der Waals surface area contributed by atoms with Gasteiger partial charge in [-0.15, -0.1) is 11.3 Å². The van der Waals surface area contributed by atoms with E-state index in [9.17, 15) is 0 Å². The van der Waals surface area contributed by atoms with E-state index in [0.717, 1.165) is 12.2 Å². The van der Waals surface area contributed by atoms with Crippen LogP contribution in [-0.4, -0.2) is 7.11 Å². The zero-order valence-electron chi connectivity index (χ0n) is 12.6. The van der Waals surface area contributed by atoms with Gasteiger partial charge in [-0.2, -0.15) is 0 Å². The Kier molecular flexibility index (Phi) is 5.21. The number of ether oxygens (including phenoxy) is 1. The van der Waals surface area contributed by atoms with Crippen molar-refractivity contribution in [3.63, 3.8) is 0 Å². The van der Waals surface area contributed by atoms with Gasteiger partial charge in [-0.3, -0.25) is 0 Å². The Labute approximate surface area is 125 Å². The highest BCUT2D eigenvalue weighted by atomic mass is 32.1. The summed E-state index contributed by atoms with van der Waals surface area (Å²) >= 11 is 1.90. The molecule has 2 aromatic rings. The SMILES string of the molecule is CCc1ccc(C(C)NC(C)c2cccc(OC)c2)s1. The molecule has 0 aliphatic heterocycles. The third-order valence-corrected chi connectivity index (χ3v) is 4.96. The Morgan fingerprint density at radius 1 is 1.15 bits per heavy atom. The van der Waals surface area contributed by atoms with Crippen LogP contribution in [0.25, 0.3) is 0 Å². The summed E-state index contributed by atoms with van der Waals surface area (Å²) < 4.78 is 5.29. The zero-order valence-corrected chi connectivity index (χ0v) is 13.5. The van der Waals surface area contributed by atoms with E-state index >= 15 is 0 Å². The van der Waals surface area contributed by atoms with Gasteiger partial charge in [-0.05, 0) is 50.1 Å². The molecule has 1 aromatic heterocycles. The lowest BCUT2D eigenvalue weighted by Gasteiger charge is -2.20. The summed E-state index contributed by atoms with van der Waals surface area (Å²) in [6.07, 6.45) is 1.11. The van der Waals surface area contributed by atoms with Crippen LogP contribution in [0.2, 0.25) is 0 Å². The molecule has 0 spiro atoms. The lowest BCUT2D eigenvalue weighted by Crippen LogP contribution is -2.21. The highest BCUT2D eigenvalue weighted by Gasteiger charge is 2.13. The third-order valence-electron chi connectivity index (χ3n) is 3.55. The van der Waals surface area contributed by atoms with Crippen molar-refractivity contribution in [1.82, 2.24) is 5.32 Å². The van der Waals surface area contributed by atoms with Crippen LogP contribution in [0.4, 0.5) is 0 Å². The van der Waals surface area contributed by atoms with Gasteiger partial charge in [0.1, 0.15) is 5.75 Å². The first-order valence-electron chi connectivity index (χ1n) is 7.12. The van der Waals surface area contributed by atoms with Crippen LogP contribution < -0.4 is 10.1 Å². The number of hydrogen-bond acceptors (Lipinski definition) is 3. The van der Waals surface area contributed by atoms with Gasteiger partial charge in [0, 0.05) is 21.8 Å². The quantitative estimate of drug-likeness (QED) is 0.830. The van der Waals surface area contributed by atoms with Crippen molar-refractivity contribution in [3.8, 4) is 5.75 Å². The van der Waals surface area contributed by atoms with E-state index in [0.29, 0.717) is 12.1 Å². The molecule has 1 heterocycles. The predicted molar refractivity (Wildman–Crippen MR) is 86.7 cm³/mol. The van der Waals surface area contributed by atoms with E-state index in [1.54, 1.807) is 7.11 Å². The van der Waals surface area contributed by atoms with E-state index < -0.39 is 0 Å². The van der Waals surface area contributed by atoms with Crippen molar-refractivity contribution in [3.05, 3.63) is 51.7 Å².